The van der Waals surface area contributed by atoms with Crippen LogP contribution in [-0.2, 0) is 18.4 Å². The van der Waals surface area contributed by atoms with Crippen LogP contribution in [0.3, 0.4) is 0 Å². The largest absolute Gasteiger partial charge is 0.369 e. The number of nitrogens with two attached hydrogens (primary N) is 1. The molecule has 0 fully saturated rings. The zero-order valence-electron chi connectivity index (χ0n) is 14.1. The summed E-state index contributed by atoms with van der Waals surface area (Å²) in [7, 11) is 4.00. The van der Waals surface area contributed by atoms with Gasteiger partial charge < -0.3 is 20.5 Å². The fraction of sp³-hybridized carbons (Fsp3) is 0.600. The van der Waals surface area contributed by atoms with E-state index in [1.807, 2.05) is 38.2 Å². The lowest BCUT2D eigenvalue weighted by atomic mass is 9.93. The molecule has 1 amide bonds. The predicted octanol–water partition coefficient (Wildman–Crippen LogP) is 1.55. The lowest BCUT2D eigenvalue weighted by Crippen LogP contribution is -2.41. The molecule has 1 rings (SSSR count). The van der Waals surface area contributed by atoms with Gasteiger partial charge >= 0.3 is 0 Å². The number of hydrogen-bond donors (Lipinski definition) is 2. The SMILES string of the molecule is CCNC(=NCC(C)(C)C(N)=O)N(C)Cc1cccn1C.I. The van der Waals surface area contributed by atoms with E-state index < -0.39 is 5.41 Å². The summed E-state index contributed by atoms with van der Waals surface area (Å²) in [6.45, 7) is 7.51. The lowest BCUT2D eigenvalue weighted by Gasteiger charge is -2.24. The van der Waals surface area contributed by atoms with Crippen LogP contribution in [0, 0.1) is 5.41 Å². The van der Waals surface area contributed by atoms with Crippen molar-refractivity contribution in [2.75, 3.05) is 20.1 Å². The van der Waals surface area contributed by atoms with Gasteiger partial charge in [0, 0.05) is 32.5 Å². The Labute approximate surface area is 150 Å². The number of carbonyl (C=O) groups is 1. The molecule has 3 N–H and O–H groups in total. The smallest absolute Gasteiger partial charge is 0.224 e. The monoisotopic (exact) mass is 421 g/mol. The Morgan fingerprint density at radius 3 is 2.59 bits per heavy atom. The number of aliphatic imine (C=N–C) groups is 1. The number of aromatic nitrogens is 1. The molecule has 0 atom stereocenters. The highest BCUT2D eigenvalue weighted by Gasteiger charge is 2.25. The fourth-order valence-corrected chi connectivity index (χ4v) is 1.80. The molecule has 126 valence electrons. The first-order chi connectivity index (χ1) is 9.77. The van der Waals surface area contributed by atoms with Crippen molar-refractivity contribution in [3.8, 4) is 0 Å². The number of nitrogens with zero attached hydrogens (tertiary/aromatic N) is 3. The number of amides is 1. The van der Waals surface area contributed by atoms with Gasteiger partial charge in [0.15, 0.2) is 5.96 Å². The molecule has 0 saturated carbocycles. The molecule has 1 aromatic rings. The summed E-state index contributed by atoms with van der Waals surface area (Å²) < 4.78 is 2.08. The molecule has 7 heteroatoms. The van der Waals surface area contributed by atoms with Crippen LogP contribution in [-0.4, -0.2) is 41.5 Å². The molecule has 0 unspecified atom stereocenters. The molecule has 0 aliphatic carbocycles. The molecule has 0 radical (unpaired) electrons. The normalized spacial score (nSPS) is 11.8. The Balaban J connectivity index is 0.00000441. The Hall–Kier alpha value is -1.25. The van der Waals surface area contributed by atoms with Crippen molar-refractivity contribution in [2.45, 2.75) is 27.3 Å². The summed E-state index contributed by atoms with van der Waals surface area (Å²) in [6, 6.07) is 4.09. The minimum absolute atomic E-state index is 0. The Bertz CT molecular complexity index is 510. The van der Waals surface area contributed by atoms with E-state index in [1.54, 1.807) is 13.8 Å². The van der Waals surface area contributed by atoms with Crippen LogP contribution in [0.4, 0.5) is 0 Å². The lowest BCUT2D eigenvalue weighted by molar-refractivity contribution is -0.125. The average molecular weight is 421 g/mol. The highest BCUT2D eigenvalue weighted by atomic mass is 127. The molecule has 1 aromatic heterocycles. The second-order valence-electron chi connectivity index (χ2n) is 5.88. The van der Waals surface area contributed by atoms with Crippen molar-refractivity contribution in [1.29, 1.82) is 0 Å². The number of halogens is 1. The van der Waals surface area contributed by atoms with E-state index >= 15 is 0 Å². The minimum Gasteiger partial charge on any atom is -0.369 e. The number of rotatable bonds is 6. The van der Waals surface area contributed by atoms with Crippen LogP contribution >= 0.6 is 24.0 Å². The first kappa shape index (κ1) is 20.8. The summed E-state index contributed by atoms with van der Waals surface area (Å²) in [6.07, 6.45) is 2.02. The molecule has 0 aromatic carbocycles. The van der Waals surface area contributed by atoms with Crippen molar-refractivity contribution in [2.24, 2.45) is 23.2 Å². The first-order valence-electron chi connectivity index (χ1n) is 7.17. The Kier molecular flexibility index (Phi) is 8.50. The van der Waals surface area contributed by atoms with E-state index in [1.165, 1.54) is 5.69 Å². The number of aryl methyl sites for hydroxylation is 1. The Morgan fingerprint density at radius 1 is 1.50 bits per heavy atom. The topological polar surface area (TPSA) is 75.6 Å². The predicted molar refractivity (Wildman–Crippen MR) is 101 cm³/mol. The third-order valence-corrected chi connectivity index (χ3v) is 3.44. The van der Waals surface area contributed by atoms with Crippen molar-refractivity contribution in [3.63, 3.8) is 0 Å². The molecular formula is C15H28IN5O. The van der Waals surface area contributed by atoms with Gasteiger partial charge in [-0.3, -0.25) is 9.79 Å². The van der Waals surface area contributed by atoms with Crippen LogP contribution in [0.15, 0.2) is 23.3 Å². The summed E-state index contributed by atoms with van der Waals surface area (Å²) in [5.41, 5.74) is 5.94. The van der Waals surface area contributed by atoms with Crippen molar-refractivity contribution >= 4 is 35.8 Å². The highest BCUT2D eigenvalue weighted by Crippen LogP contribution is 2.14. The van der Waals surface area contributed by atoms with Gasteiger partial charge in [-0.25, -0.2) is 0 Å². The van der Waals surface area contributed by atoms with Gasteiger partial charge in [-0.1, -0.05) is 0 Å². The van der Waals surface area contributed by atoms with E-state index in [0.717, 1.165) is 19.0 Å². The van der Waals surface area contributed by atoms with E-state index in [9.17, 15) is 4.79 Å². The zero-order valence-corrected chi connectivity index (χ0v) is 16.4. The van der Waals surface area contributed by atoms with Gasteiger partial charge in [0.05, 0.1) is 18.5 Å². The molecule has 0 aliphatic rings. The third-order valence-electron chi connectivity index (χ3n) is 3.44. The van der Waals surface area contributed by atoms with E-state index in [0.29, 0.717) is 6.54 Å². The molecule has 0 spiro atoms. The van der Waals surface area contributed by atoms with Crippen LogP contribution in [0.25, 0.3) is 0 Å². The summed E-state index contributed by atoms with van der Waals surface area (Å²) >= 11 is 0. The van der Waals surface area contributed by atoms with Crippen LogP contribution < -0.4 is 11.1 Å². The van der Waals surface area contributed by atoms with Gasteiger partial charge in [-0.05, 0) is 32.9 Å². The number of primary amides is 1. The van der Waals surface area contributed by atoms with E-state index in [2.05, 4.69) is 20.9 Å². The third kappa shape index (κ3) is 5.86. The van der Waals surface area contributed by atoms with Gasteiger partial charge in [0.2, 0.25) is 5.91 Å². The maximum absolute atomic E-state index is 11.4. The molecule has 22 heavy (non-hydrogen) atoms. The van der Waals surface area contributed by atoms with Gasteiger partial charge in [-0.2, -0.15) is 0 Å². The van der Waals surface area contributed by atoms with Crippen molar-refractivity contribution in [1.82, 2.24) is 14.8 Å². The summed E-state index contributed by atoms with van der Waals surface area (Å²) in [5, 5.41) is 3.24. The van der Waals surface area contributed by atoms with Crippen LogP contribution in [0.1, 0.15) is 26.5 Å². The van der Waals surface area contributed by atoms with E-state index in [-0.39, 0.29) is 29.9 Å². The van der Waals surface area contributed by atoms with Crippen molar-refractivity contribution in [3.05, 3.63) is 24.0 Å². The maximum Gasteiger partial charge on any atom is 0.224 e. The molecule has 1 heterocycles. The van der Waals surface area contributed by atoms with Crippen molar-refractivity contribution < 1.29 is 4.79 Å². The summed E-state index contributed by atoms with van der Waals surface area (Å²) in [4.78, 5) is 18.0. The van der Waals surface area contributed by atoms with Crippen LogP contribution in [0.5, 0.6) is 0 Å². The maximum atomic E-state index is 11.4. The van der Waals surface area contributed by atoms with Gasteiger partial charge in [-0.15, -0.1) is 24.0 Å². The second-order valence-corrected chi connectivity index (χ2v) is 5.88. The first-order valence-corrected chi connectivity index (χ1v) is 7.17. The molecule has 0 saturated heterocycles. The number of nitrogens with one attached hydrogen (secondary N) is 1. The van der Waals surface area contributed by atoms with Crippen LogP contribution in [0.2, 0.25) is 0 Å². The number of carbonyl (C=O) groups excluding carboxylic acids is 1. The fourth-order valence-electron chi connectivity index (χ4n) is 1.80. The molecule has 6 nitrogen and oxygen atoms in total. The van der Waals surface area contributed by atoms with E-state index in [4.69, 9.17) is 5.73 Å². The average Bonchev–Trinajstić information content (AvgIpc) is 2.79. The highest BCUT2D eigenvalue weighted by molar-refractivity contribution is 14.0. The van der Waals surface area contributed by atoms with Gasteiger partial charge in [0.1, 0.15) is 0 Å². The quantitative estimate of drug-likeness (QED) is 0.416. The zero-order chi connectivity index (χ0) is 16.0. The molecule has 0 aliphatic heterocycles. The minimum atomic E-state index is -0.646. The Morgan fingerprint density at radius 2 is 2.14 bits per heavy atom. The number of guanidine groups is 1. The second kappa shape index (κ2) is 9.02. The molecule has 0 bridgehead atoms. The molecular weight excluding hydrogens is 393 g/mol. The standard InChI is InChI=1S/C15H27N5O.HI/c1-6-17-14(18-11-15(2,3)13(16)21)20(5)10-12-8-7-9-19(12)4;/h7-9H,6,10-11H2,1-5H3,(H2,16,21)(H,17,18);1H. The van der Waals surface area contributed by atoms with Gasteiger partial charge in [0.25, 0.3) is 0 Å². The number of hydrogen-bond acceptors (Lipinski definition) is 2. The summed E-state index contributed by atoms with van der Waals surface area (Å²) in [5.74, 6) is 0.431.